The molecule has 1 fully saturated rings. The molecule has 1 aliphatic rings. The van der Waals surface area contributed by atoms with Crippen molar-refractivity contribution in [3.8, 4) is 28.7 Å². The third-order valence-electron chi connectivity index (χ3n) is 5.17. The second kappa shape index (κ2) is 9.61. The standard InChI is InChI=1S/C22H24FN5O5/c1-22(20(24)29)11-32-19(33-12-22)18-27-16(13-3-5-14(23)6-4-13)17(28-18)15-7-8-25-21(26-15)31-10-9-30-2/h3-8,19H,9-12H2,1-2H3,(H2,24,29)(H,27,28). The van der Waals surface area contributed by atoms with Gasteiger partial charge in [-0.05, 0) is 37.3 Å². The molecular formula is C22H24FN5O5. The third-order valence-corrected chi connectivity index (χ3v) is 5.17. The minimum absolute atomic E-state index is 0.0832. The molecule has 1 aromatic carbocycles. The van der Waals surface area contributed by atoms with Gasteiger partial charge in [0.15, 0.2) is 5.82 Å². The molecule has 4 rings (SSSR count). The molecule has 3 aromatic rings. The molecule has 3 heterocycles. The van der Waals surface area contributed by atoms with E-state index in [9.17, 15) is 9.18 Å². The number of carbonyl (C=O) groups excluding carboxylic acids is 1. The maximum Gasteiger partial charge on any atom is 0.317 e. The van der Waals surface area contributed by atoms with Crippen LogP contribution in [0.3, 0.4) is 0 Å². The Morgan fingerprint density at radius 1 is 1.21 bits per heavy atom. The molecule has 10 nitrogen and oxygen atoms in total. The fraction of sp³-hybridized carbons (Fsp3) is 0.364. The first-order valence-corrected chi connectivity index (χ1v) is 10.2. The first-order chi connectivity index (χ1) is 15.9. The van der Waals surface area contributed by atoms with E-state index in [1.54, 1.807) is 38.4 Å². The number of nitrogens with zero attached hydrogens (tertiary/aromatic N) is 3. The molecule has 1 aliphatic heterocycles. The second-order valence-electron chi connectivity index (χ2n) is 7.80. The number of aromatic amines is 1. The van der Waals surface area contributed by atoms with Crippen LogP contribution in [-0.4, -0.2) is 59.4 Å². The molecule has 1 amide bonds. The van der Waals surface area contributed by atoms with Gasteiger partial charge in [-0.15, -0.1) is 0 Å². The number of nitrogens with two attached hydrogens (primary N) is 1. The largest absolute Gasteiger partial charge is 0.461 e. The summed E-state index contributed by atoms with van der Waals surface area (Å²) in [6.07, 6.45) is 0.718. The quantitative estimate of drug-likeness (QED) is 0.492. The fourth-order valence-electron chi connectivity index (χ4n) is 3.18. The van der Waals surface area contributed by atoms with Gasteiger partial charge in [-0.3, -0.25) is 4.79 Å². The molecule has 0 unspecified atom stereocenters. The zero-order valence-corrected chi connectivity index (χ0v) is 18.2. The van der Waals surface area contributed by atoms with Gasteiger partial charge in [-0.1, -0.05) is 0 Å². The van der Waals surface area contributed by atoms with E-state index in [4.69, 9.17) is 24.7 Å². The Kier molecular flexibility index (Phi) is 6.63. The number of primary amides is 1. The van der Waals surface area contributed by atoms with Crippen molar-refractivity contribution < 1.29 is 28.1 Å². The molecule has 0 atom stereocenters. The van der Waals surface area contributed by atoms with E-state index in [0.717, 1.165) is 0 Å². The highest BCUT2D eigenvalue weighted by atomic mass is 19.1. The second-order valence-corrected chi connectivity index (χ2v) is 7.80. The average molecular weight is 457 g/mol. The van der Waals surface area contributed by atoms with Gasteiger partial charge in [0.05, 0.1) is 42.3 Å². The Morgan fingerprint density at radius 3 is 2.61 bits per heavy atom. The normalized spacial score (nSPS) is 20.5. The summed E-state index contributed by atoms with van der Waals surface area (Å²) in [4.78, 5) is 28.1. The van der Waals surface area contributed by atoms with Crippen LogP contribution in [0.2, 0.25) is 0 Å². The lowest BCUT2D eigenvalue weighted by Crippen LogP contribution is -2.46. The molecule has 0 radical (unpaired) electrons. The van der Waals surface area contributed by atoms with Gasteiger partial charge in [0.25, 0.3) is 0 Å². The molecular weight excluding hydrogens is 433 g/mol. The van der Waals surface area contributed by atoms with Gasteiger partial charge in [-0.25, -0.2) is 14.4 Å². The predicted molar refractivity (Wildman–Crippen MR) is 114 cm³/mol. The van der Waals surface area contributed by atoms with Crippen LogP contribution in [0.25, 0.3) is 22.6 Å². The van der Waals surface area contributed by atoms with Crippen LogP contribution < -0.4 is 10.5 Å². The average Bonchev–Trinajstić information content (AvgIpc) is 3.26. The SMILES string of the molecule is COCCOc1nccc(-c2[nH]c(C3OCC(C)(C(N)=O)CO3)nc2-c2ccc(F)cc2)n1. The smallest absolute Gasteiger partial charge is 0.317 e. The highest BCUT2D eigenvalue weighted by Gasteiger charge is 2.39. The van der Waals surface area contributed by atoms with E-state index in [0.29, 0.717) is 41.7 Å². The molecule has 174 valence electrons. The minimum atomic E-state index is -0.924. The van der Waals surface area contributed by atoms with Gasteiger partial charge in [0.1, 0.15) is 12.4 Å². The van der Waals surface area contributed by atoms with Crippen molar-refractivity contribution in [1.82, 2.24) is 19.9 Å². The van der Waals surface area contributed by atoms with E-state index in [2.05, 4.69) is 19.9 Å². The molecule has 0 spiro atoms. The topological polar surface area (TPSA) is 134 Å². The summed E-state index contributed by atoms with van der Waals surface area (Å²) in [5.41, 5.74) is 6.76. The zero-order valence-electron chi connectivity index (χ0n) is 18.2. The molecule has 2 aromatic heterocycles. The number of H-pyrrole nitrogens is 1. The van der Waals surface area contributed by atoms with Crippen LogP contribution >= 0.6 is 0 Å². The number of methoxy groups -OCH3 is 1. The predicted octanol–water partition coefficient (Wildman–Crippen LogP) is 2.24. The van der Waals surface area contributed by atoms with Crippen molar-refractivity contribution in [2.45, 2.75) is 13.2 Å². The van der Waals surface area contributed by atoms with Gasteiger partial charge in [0, 0.05) is 18.9 Å². The van der Waals surface area contributed by atoms with Crippen molar-refractivity contribution in [3.63, 3.8) is 0 Å². The maximum atomic E-state index is 13.5. The molecule has 33 heavy (non-hydrogen) atoms. The van der Waals surface area contributed by atoms with Crippen molar-refractivity contribution >= 4 is 5.91 Å². The Labute approximate surface area is 189 Å². The number of hydrogen-bond donors (Lipinski definition) is 2. The number of halogens is 1. The molecule has 1 saturated heterocycles. The Bertz CT molecular complexity index is 1110. The number of aromatic nitrogens is 4. The summed E-state index contributed by atoms with van der Waals surface area (Å²) in [5.74, 6) is -0.497. The first-order valence-electron chi connectivity index (χ1n) is 10.2. The van der Waals surface area contributed by atoms with Crippen LogP contribution in [-0.2, 0) is 19.0 Å². The minimum Gasteiger partial charge on any atom is -0.461 e. The van der Waals surface area contributed by atoms with E-state index >= 15 is 0 Å². The van der Waals surface area contributed by atoms with Crippen molar-refractivity contribution in [2.75, 3.05) is 33.5 Å². The fourth-order valence-corrected chi connectivity index (χ4v) is 3.18. The van der Waals surface area contributed by atoms with Gasteiger partial charge in [-0.2, -0.15) is 4.98 Å². The van der Waals surface area contributed by atoms with E-state index in [-0.39, 0.29) is 25.0 Å². The molecule has 3 N–H and O–H groups in total. The Morgan fingerprint density at radius 2 is 1.94 bits per heavy atom. The van der Waals surface area contributed by atoms with Gasteiger partial charge < -0.3 is 29.7 Å². The third kappa shape index (κ3) is 5.00. The lowest BCUT2D eigenvalue weighted by atomic mass is 9.91. The van der Waals surface area contributed by atoms with Crippen LogP contribution in [0.4, 0.5) is 4.39 Å². The van der Waals surface area contributed by atoms with Crippen molar-refractivity contribution in [1.29, 1.82) is 0 Å². The maximum absolute atomic E-state index is 13.5. The monoisotopic (exact) mass is 457 g/mol. The number of ether oxygens (including phenoxy) is 4. The van der Waals surface area contributed by atoms with Crippen molar-refractivity contribution in [3.05, 3.63) is 48.2 Å². The van der Waals surface area contributed by atoms with Gasteiger partial charge in [0.2, 0.25) is 12.2 Å². The van der Waals surface area contributed by atoms with Crippen molar-refractivity contribution in [2.24, 2.45) is 11.1 Å². The molecule has 11 heteroatoms. The Hall–Kier alpha value is -3.41. The van der Waals surface area contributed by atoms with E-state index < -0.39 is 17.6 Å². The van der Waals surface area contributed by atoms with Gasteiger partial charge >= 0.3 is 6.01 Å². The highest BCUT2D eigenvalue weighted by Crippen LogP contribution is 2.35. The zero-order chi connectivity index (χ0) is 23.4. The first kappa shape index (κ1) is 22.8. The number of rotatable bonds is 8. The van der Waals surface area contributed by atoms with E-state index in [1.165, 1.54) is 12.1 Å². The summed E-state index contributed by atoms with van der Waals surface area (Å²) in [6, 6.07) is 7.79. The summed E-state index contributed by atoms with van der Waals surface area (Å²) in [5, 5.41) is 0. The Balaban J connectivity index is 1.68. The number of imidazole rings is 1. The number of amides is 1. The number of carbonyl (C=O) groups is 1. The lowest BCUT2D eigenvalue weighted by molar-refractivity contribution is -0.230. The molecule has 0 aliphatic carbocycles. The van der Waals surface area contributed by atoms with Crippen LogP contribution in [0.15, 0.2) is 36.5 Å². The highest BCUT2D eigenvalue weighted by molar-refractivity contribution is 5.81. The summed E-state index contributed by atoms with van der Waals surface area (Å²) in [7, 11) is 1.57. The van der Waals surface area contributed by atoms with Crippen LogP contribution in [0.1, 0.15) is 19.0 Å². The summed E-state index contributed by atoms with van der Waals surface area (Å²) < 4.78 is 35.5. The summed E-state index contributed by atoms with van der Waals surface area (Å²) >= 11 is 0. The molecule has 0 saturated carbocycles. The van der Waals surface area contributed by atoms with Crippen LogP contribution in [0.5, 0.6) is 6.01 Å². The van der Waals surface area contributed by atoms with E-state index in [1.807, 2.05) is 0 Å². The number of hydrogen-bond acceptors (Lipinski definition) is 8. The number of nitrogens with one attached hydrogen (secondary N) is 1. The number of benzene rings is 1. The van der Waals surface area contributed by atoms with Crippen LogP contribution in [0, 0.1) is 11.2 Å². The lowest BCUT2D eigenvalue weighted by Gasteiger charge is -2.34. The summed E-state index contributed by atoms with van der Waals surface area (Å²) in [6.45, 7) is 2.53. The molecule has 0 bridgehead atoms.